The summed E-state index contributed by atoms with van der Waals surface area (Å²) in [6.07, 6.45) is -6.16. The van der Waals surface area contributed by atoms with E-state index in [-0.39, 0.29) is 0 Å². The zero-order chi connectivity index (χ0) is 28.7. The number of para-hydroxylation sites is 1. The molecule has 1 aliphatic heterocycles. The van der Waals surface area contributed by atoms with Gasteiger partial charge in [0.15, 0.2) is 12.2 Å². The second-order valence-corrected chi connectivity index (χ2v) is 9.23. The van der Waals surface area contributed by atoms with E-state index in [4.69, 9.17) is 40.0 Å². The third-order valence-electron chi connectivity index (χ3n) is 5.73. The highest BCUT2D eigenvalue weighted by Gasteiger charge is 2.53. The third-order valence-corrected chi connectivity index (χ3v) is 6.10. The summed E-state index contributed by atoms with van der Waals surface area (Å²) in [7, 11) is 0. The highest BCUT2D eigenvalue weighted by atomic mass is 35.5. The number of carbonyl (C=O) groups excluding carboxylic acids is 4. The molecule has 0 bridgehead atoms. The first-order valence-corrected chi connectivity index (χ1v) is 12.7. The fourth-order valence-corrected chi connectivity index (χ4v) is 4.54. The van der Waals surface area contributed by atoms with E-state index in [1.165, 1.54) is 6.92 Å². The molecule has 0 radical (unpaired) electrons. The average molecular weight is 563 g/mol. The van der Waals surface area contributed by atoms with Crippen molar-refractivity contribution in [1.82, 2.24) is 0 Å². The van der Waals surface area contributed by atoms with Crippen molar-refractivity contribution in [3.8, 4) is 5.75 Å². The first-order chi connectivity index (χ1) is 18.5. The lowest BCUT2D eigenvalue weighted by molar-refractivity contribution is -0.298. The highest BCUT2D eigenvalue weighted by Crippen LogP contribution is 2.39. The van der Waals surface area contributed by atoms with Gasteiger partial charge in [0.05, 0.1) is 6.61 Å². The molecule has 11 heteroatoms. The van der Waals surface area contributed by atoms with Crippen molar-refractivity contribution in [3.63, 3.8) is 0 Å². The van der Waals surface area contributed by atoms with Crippen LogP contribution < -0.4 is 4.74 Å². The molecule has 0 saturated carbocycles. The Bertz CT molecular complexity index is 1210. The van der Waals surface area contributed by atoms with Crippen molar-refractivity contribution < 1.29 is 47.6 Å². The molecule has 10 nitrogen and oxygen atoms in total. The van der Waals surface area contributed by atoms with Gasteiger partial charge in [-0.25, -0.2) is 0 Å². The van der Waals surface area contributed by atoms with E-state index in [2.05, 4.69) is 0 Å². The van der Waals surface area contributed by atoms with E-state index in [0.717, 1.165) is 26.3 Å². The van der Waals surface area contributed by atoms with Crippen LogP contribution in [0.2, 0.25) is 5.02 Å². The summed E-state index contributed by atoms with van der Waals surface area (Å²) in [5.41, 5.74) is 2.09. The largest absolute Gasteiger partial charge is 0.494 e. The molecule has 210 valence electrons. The van der Waals surface area contributed by atoms with Crippen LogP contribution in [-0.4, -0.2) is 55.1 Å². The van der Waals surface area contributed by atoms with E-state index in [1.54, 1.807) is 18.2 Å². The van der Waals surface area contributed by atoms with Gasteiger partial charge in [-0.3, -0.25) is 19.2 Å². The maximum absolute atomic E-state index is 12.1. The monoisotopic (exact) mass is 562 g/mol. The zero-order valence-electron chi connectivity index (χ0n) is 22.3. The summed E-state index contributed by atoms with van der Waals surface area (Å²) in [5, 5.41) is 0.468. The number of ether oxygens (including phenoxy) is 6. The Kier molecular flexibility index (Phi) is 10.3. The number of carbonyl (C=O) groups is 4. The second-order valence-electron chi connectivity index (χ2n) is 8.83. The lowest BCUT2D eigenvalue weighted by atomic mass is 9.91. The molecule has 1 saturated heterocycles. The summed E-state index contributed by atoms with van der Waals surface area (Å²) in [5.74, 6) is -2.20. The Morgan fingerprint density at radius 2 is 1.36 bits per heavy atom. The number of halogens is 1. The molecule has 0 unspecified atom stereocenters. The zero-order valence-corrected chi connectivity index (χ0v) is 23.1. The minimum Gasteiger partial charge on any atom is -0.494 e. The number of benzene rings is 2. The van der Waals surface area contributed by atoms with E-state index in [0.29, 0.717) is 34.9 Å². The molecule has 0 spiro atoms. The third kappa shape index (κ3) is 7.93. The number of hydrogen-bond donors (Lipinski definition) is 0. The Balaban J connectivity index is 2.09. The van der Waals surface area contributed by atoms with Crippen molar-refractivity contribution in [2.75, 3.05) is 6.61 Å². The first kappa shape index (κ1) is 29.9. The SMILES string of the molecule is CCOc1ccccc1Cc1cc([C@@H]2O[C@H](OC(C)=O)[C@@H](OC(C)=O)[C@H](OC(C)=O)[C@H]2OC(C)=O)ccc1Cl. The normalized spacial score (nSPS) is 22.4. The molecule has 2 aromatic carbocycles. The molecule has 3 rings (SSSR count). The van der Waals surface area contributed by atoms with Gasteiger partial charge in [-0.15, -0.1) is 0 Å². The number of hydrogen-bond acceptors (Lipinski definition) is 10. The summed E-state index contributed by atoms with van der Waals surface area (Å²) < 4.78 is 33.5. The van der Waals surface area contributed by atoms with Gasteiger partial charge in [0.25, 0.3) is 0 Å². The van der Waals surface area contributed by atoms with Crippen LogP contribution in [0.25, 0.3) is 0 Å². The van der Waals surface area contributed by atoms with E-state index < -0.39 is 54.6 Å². The quantitative estimate of drug-likeness (QED) is 0.326. The molecule has 39 heavy (non-hydrogen) atoms. The maximum Gasteiger partial charge on any atom is 0.305 e. The Hall–Kier alpha value is -3.63. The van der Waals surface area contributed by atoms with Crippen LogP contribution in [0.3, 0.4) is 0 Å². The standard InChI is InChI=1S/C28H31ClO10/c1-6-34-23-10-8-7-9-19(23)13-21-14-20(11-12-22(21)29)24-25(35-15(2)30)26(36-16(3)31)27(37-17(4)32)28(39-24)38-18(5)33/h7-12,14,24-28H,6,13H2,1-5H3/t24-,25-,26+,27-,28-/m0/s1. The Morgan fingerprint density at radius 3 is 1.97 bits per heavy atom. The van der Waals surface area contributed by atoms with Crippen molar-refractivity contribution >= 4 is 35.5 Å². The van der Waals surface area contributed by atoms with Gasteiger partial charge in [0, 0.05) is 39.1 Å². The summed E-state index contributed by atoms with van der Waals surface area (Å²) in [6, 6.07) is 12.6. The van der Waals surface area contributed by atoms with Gasteiger partial charge in [-0.2, -0.15) is 0 Å². The molecule has 1 fully saturated rings. The van der Waals surface area contributed by atoms with Crippen LogP contribution in [0, 0.1) is 0 Å². The van der Waals surface area contributed by atoms with Gasteiger partial charge >= 0.3 is 23.9 Å². The lowest BCUT2D eigenvalue weighted by Gasteiger charge is -2.44. The first-order valence-electron chi connectivity index (χ1n) is 12.3. The van der Waals surface area contributed by atoms with Crippen molar-refractivity contribution in [2.24, 2.45) is 0 Å². The molecular weight excluding hydrogens is 532 g/mol. The maximum atomic E-state index is 12.1. The highest BCUT2D eigenvalue weighted by molar-refractivity contribution is 6.31. The summed E-state index contributed by atoms with van der Waals surface area (Å²) in [4.78, 5) is 48.0. The molecule has 0 N–H and O–H groups in total. The van der Waals surface area contributed by atoms with Crippen LogP contribution in [0.4, 0.5) is 0 Å². The van der Waals surface area contributed by atoms with Crippen LogP contribution in [0.1, 0.15) is 57.4 Å². The van der Waals surface area contributed by atoms with Gasteiger partial charge < -0.3 is 28.4 Å². The second kappa shape index (κ2) is 13.4. The Labute approximate surface area is 231 Å². The van der Waals surface area contributed by atoms with Crippen LogP contribution >= 0.6 is 11.6 Å². The fraction of sp³-hybridized carbons (Fsp3) is 0.429. The molecule has 0 amide bonds. The minimum absolute atomic E-state index is 0.407. The Morgan fingerprint density at radius 1 is 0.769 bits per heavy atom. The van der Waals surface area contributed by atoms with Crippen LogP contribution in [0.5, 0.6) is 5.75 Å². The van der Waals surface area contributed by atoms with Crippen molar-refractivity contribution in [3.05, 3.63) is 64.2 Å². The smallest absolute Gasteiger partial charge is 0.305 e. The fourth-order valence-electron chi connectivity index (χ4n) is 4.36. The minimum atomic E-state index is -1.47. The van der Waals surface area contributed by atoms with Gasteiger partial charge in [-0.1, -0.05) is 41.9 Å². The summed E-state index contributed by atoms with van der Waals surface area (Å²) >= 11 is 6.55. The molecule has 5 atom stereocenters. The lowest BCUT2D eigenvalue weighted by Crippen LogP contribution is -2.59. The van der Waals surface area contributed by atoms with Gasteiger partial charge in [0.1, 0.15) is 11.9 Å². The van der Waals surface area contributed by atoms with Crippen molar-refractivity contribution in [1.29, 1.82) is 0 Å². The average Bonchev–Trinajstić information content (AvgIpc) is 2.84. The molecule has 0 aliphatic carbocycles. The van der Waals surface area contributed by atoms with Crippen molar-refractivity contribution in [2.45, 2.75) is 71.7 Å². The number of esters is 4. The summed E-state index contributed by atoms with van der Waals surface area (Å²) in [6.45, 7) is 6.99. The molecule has 1 heterocycles. The molecule has 1 aliphatic rings. The van der Waals surface area contributed by atoms with Gasteiger partial charge in [-0.05, 0) is 35.7 Å². The predicted molar refractivity (Wildman–Crippen MR) is 138 cm³/mol. The molecular formula is C28H31ClO10. The van der Waals surface area contributed by atoms with E-state index in [1.807, 2.05) is 31.2 Å². The van der Waals surface area contributed by atoms with E-state index in [9.17, 15) is 19.2 Å². The predicted octanol–water partition coefficient (Wildman–Crippen LogP) is 4.09. The van der Waals surface area contributed by atoms with E-state index >= 15 is 0 Å². The molecule has 2 aromatic rings. The topological polar surface area (TPSA) is 124 Å². The molecule has 0 aromatic heterocycles. The van der Waals surface area contributed by atoms with Gasteiger partial charge in [0.2, 0.25) is 12.4 Å². The van der Waals surface area contributed by atoms with Crippen LogP contribution in [-0.2, 0) is 49.3 Å². The van der Waals surface area contributed by atoms with Crippen LogP contribution in [0.15, 0.2) is 42.5 Å². The number of rotatable bonds is 9.